The Labute approximate surface area is 93.4 Å². The highest BCUT2D eigenvalue weighted by atomic mass is 32.1. The topological polar surface area (TPSA) is 62.2 Å². The zero-order valence-electron chi connectivity index (χ0n) is 9.20. The number of aromatic nitrogens is 1. The van der Waals surface area contributed by atoms with Crippen LogP contribution in [0, 0.1) is 6.92 Å². The number of thiazole rings is 1. The second-order valence-corrected chi connectivity index (χ2v) is 4.65. The molecule has 0 aliphatic rings. The third-order valence-corrected chi connectivity index (χ3v) is 3.42. The molecule has 1 rings (SSSR count). The van der Waals surface area contributed by atoms with Crippen molar-refractivity contribution >= 4 is 17.2 Å². The number of nitrogens with zero attached hydrogens (tertiary/aromatic N) is 1. The van der Waals surface area contributed by atoms with Gasteiger partial charge in [-0.15, -0.1) is 11.3 Å². The molecule has 0 spiro atoms. The van der Waals surface area contributed by atoms with Crippen LogP contribution in [-0.4, -0.2) is 28.1 Å². The highest BCUT2D eigenvalue weighted by Crippen LogP contribution is 2.15. The van der Waals surface area contributed by atoms with Crippen LogP contribution in [0.3, 0.4) is 0 Å². The number of hydrogen-bond donors (Lipinski definition) is 2. The minimum atomic E-state index is -0.548. The van der Waals surface area contributed by atoms with E-state index in [-0.39, 0.29) is 12.5 Å². The van der Waals surface area contributed by atoms with E-state index < -0.39 is 5.54 Å². The lowest BCUT2D eigenvalue weighted by atomic mass is 10.0. The summed E-state index contributed by atoms with van der Waals surface area (Å²) in [5.41, 5.74) is 1.83. The largest absolute Gasteiger partial charge is 0.394 e. The van der Waals surface area contributed by atoms with Gasteiger partial charge in [0, 0.05) is 0 Å². The first-order valence-electron chi connectivity index (χ1n) is 4.86. The lowest BCUT2D eigenvalue weighted by molar-refractivity contribution is 0.0851. The summed E-state index contributed by atoms with van der Waals surface area (Å²) in [6.07, 6.45) is 0.688. The van der Waals surface area contributed by atoms with Gasteiger partial charge in [-0.25, -0.2) is 4.98 Å². The Morgan fingerprint density at radius 2 is 2.40 bits per heavy atom. The van der Waals surface area contributed by atoms with Crippen molar-refractivity contribution in [1.82, 2.24) is 10.3 Å². The molecule has 0 radical (unpaired) electrons. The van der Waals surface area contributed by atoms with Gasteiger partial charge < -0.3 is 10.4 Å². The number of carbonyl (C=O) groups is 1. The van der Waals surface area contributed by atoms with Crippen molar-refractivity contribution in [2.45, 2.75) is 32.7 Å². The Morgan fingerprint density at radius 1 is 1.73 bits per heavy atom. The van der Waals surface area contributed by atoms with Gasteiger partial charge in [0.05, 0.1) is 23.4 Å². The van der Waals surface area contributed by atoms with Crippen LogP contribution >= 0.6 is 11.3 Å². The minimum absolute atomic E-state index is 0.0624. The van der Waals surface area contributed by atoms with Gasteiger partial charge in [-0.05, 0) is 20.3 Å². The summed E-state index contributed by atoms with van der Waals surface area (Å²) in [6, 6.07) is 0. The SMILES string of the molecule is CCC(C)(CO)NC(=O)c1scnc1C. The zero-order chi connectivity index (χ0) is 11.5. The van der Waals surface area contributed by atoms with Crippen molar-refractivity contribution in [3.05, 3.63) is 16.1 Å². The van der Waals surface area contributed by atoms with E-state index in [1.54, 1.807) is 12.4 Å². The molecule has 2 N–H and O–H groups in total. The maximum absolute atomic E-state index is 11.8. The van der Waals surface area contributed by atoms with Gasteiger partial charge in [0.1, 0.15) is 4.88 Å². The molecule has 5 heteroatoms. The van der Waals surface area contributed by atoms with Crippen molar-refractivity contribution in [2.24, 2.45) is 0 Å². The van der Waals surface area contributed by atoms with Gasteiger partial charge in [0.25, 0.3) is 5.91 Å². The summed E-state index contributed by atoms with van der Waals surface area (Å²) in [7, 11) is 0. The Kier molecular flexibility index (Phi) is 3.82. The number of aliphatic hydroxyl groups excluding tert-OH is 1. The molecule has 0 saturated carbocycles. The van der Waals surface area contributed by atoms with Crippen molar-refractivity contribution in [2.75, 3.05) is 6.61 Å². The monoisotopic (exact) mass is 228 g/mol. The Bertz CT molecular complexity index is 345. The Balaban J connectivity index is 2.76. The van der Waals surface area contributed by atoms with Gasteiger partial charge in [-0.1, -0.05) is 6.92 Å². The van der Waals surface area contributed by atoms with E-state index in [4.69, 9.17) is 0 Å². The molecule has 0 fully saturated rings. The van der Waals surface area contributed by atoms with Crippen LogP contribution in [0.2, 0.25) is 0 Å². The normalized spacial score (nSPS) is 14.7. The summed E-state index contributed by atoms with van der Waals surface area (Å²) in [5.74, 6) is -0.159. The number of aliphatic hydroxyl groups is 1. The summed E-state index contributed by atoms with van der Waals surface area (Å²) >= 11 is 1.31. The summed E-state index contributed by atoms with van der Waals surface area (Å²) in [6.45, 7) is 5.48. The molecule has 0 aliphatic heterocycles. The van der Waals surface area contributed by atoms with Gasteiger partial charge in [0.2, 0.25) is 0 Å². The molecule has 1 unspecified atom stereocenters. The van der Waals surface area contributed by atoms with E-state index in [1.807, 2.05) is 13.8 Å². The second kappa shape index (κ2) is 4.72. The molecular weight excluding hydrogens is 212 g/mol. The highest BCUT2D eigenvalue weighted by Gasteiger charge is 2.25. The number of nitrogens with one attached hydrogen (secondary N) is 1. The van der Waals surface area contributed by atoms with Crippen LogP contribution in [0.4, 0.5) is 0 Å². The molecule has 0 bridgehead atoms. The summed E-state index contributed by atoms with van der Waals surface area (Å²) in [4.78, 5) is 16.4. The van der Waals surface area contributed by atoms with Crippen molar-refractivity contribution in [3.8, 4) is 0 Å². The number of aryl methyl sites for hydroxylation is 1. The quantitative estimate of drug-likeness (QED) is 0.817. The van der Waals surface area contributed by atoms with Crippen LogP contribution in [0.15, 0.2) is 5.51 Å². The van der Waals surface area contributed by atoms with Crippen LogP contribution in [-0.2, 0) is 0 Å². The van der Waals surface area contributed by atoms with Crippen molar-refractivity contribution in [1.29, 1.82) is 0 Å². The zero-order valence-corrected chi connectivity index (χ0v) is 10.0. The van der Waals surface area contributed by atoms with E-state index in [9.17, 15) is 9.90 Å². The first kappa shape index (κ1) is 12.1. The molecule has 1 amide bonds. The van der Waals surface area contributed by atoms with Crippen LogP contribution in [0.1, 0.15) is 35.6 Å². The predicted molar refractivity (Wildman–Crippen MR) is 60.1 cm³/mol. The molecular formula is C10H16N2O2S. The van der Waals surface area contributed by atoms with Crippen molar-refractivity contribution < 1.29 is 9.90 Å². The van der Waals surface area contributed by atoms with E-state index in [2.05, 4.69) is 10.3 Å². The molecule has 0 aliphatic carbocycles. The standard InChI is InChI=1S/C10H16N2O2S/c1-4-10(3,5-13)12-9(14)8-7(2)11-6-15-8/h6,13H,4-5H2,1-3H3,(H,12,14). The first-order valence-corrected chi connectivity index (χ1v) is 5.74. The fourth-order valence-corrected chi connectivity index (χ4v) is 1.79. The summed E-state index contributed by atoms with van der Waals surface area (Å²) < 4.78 is 0. The van der Waals surface area contributed by atoms with Gasteiger partial charge in [0.15, 0.2) is 0 Å². The number of carbonyl (C=O) groups excluding carboxylic acids is 1. The molecule has 1 atom stereocenters. The Morgan fingerprint density at radius 3 is 2.80 bits per heavy atom. The predicted octanol–water partition coefficient (Wildman–Crippen LogP) is 1.34. The first-order chi connectivity index (χ1) is 7.02. The van der Waals surface area contributed by atoms with E-state index >= 15 is 0 Å². The Hall–Kier alpha value is -0.940. The smallest absolute Gasteiger partial charge is 0.263 e. The minimum Gasteiger partial charge on any atom is -0.394 e. The molecule has 0 saturated heterocycles. The van der Waals surface area contributed by atoms with Crippen LogP contribution in [0.25, 0.3) is 0 Å². The van der Waals surface area contributed by atoms with Gasteiger partial charge in [-0.2, -0.15) is 0 Å². The van der Waals surface area contributed by atoms with E-state index in [1.165, 1.54) is 11.3 Å². The van der Waals surface area contributed by atoms with E-state index in [0.717, 1.165) is 5.69 Å². The molecule has 15 heavy (non-hydrogen) atoms. The fourth-order valence-electron chi connectivity index (χ4n) is 1.09. The summed E-state index contributed by atoms with van der Waals surface area (Å²) in [5, 5.41) is 12.0. The number of rotatable bonds is 4. The molecule has 0 aromatic carbocycles. The molecule has 1 aromatic rings. The third kappa shape index (κ3) is 2.76. The van der Waals surface area contributed by atoms with Gasteiger partial charge in [-0.3, -0.25) is 4.79 Å². The number of hydrogen-bond acceptors (Lipinski definition) is 4. The average Bonchev–Trinajstić information content (AvgIpc) is 2.64. The highest BCUT2D eigenvalue weighted by molar-refractivity contribution is 7.11. The fraction of sp³-hybridized carbons (Fsp3) is 0.600. The number of amides is 1. The third-order valence-electron chi connectivity index (χ3n) is 2.50. The second-order valence-electron chi connectivity index (χ2n) is 3.79. The average molecular weight is 228 g/mol. The molecule has 1 heterocycles. The maximum Gasteiger partial charge on any atom is 0.263 e. The molecule has 4 nitrogen and oxygen atoms in total. The lowest BCUT2D eigenvalue weighted by Crippen LogP contribution is -2.48. The van der Waals surface area contributed by atoms with Gasteiger partial charge >= 0.3 is 0 Å². The molecule has 84 valence electrons. The van der Waals surface area contributed by atoms with Crippen LogP contribution in [0.5, 0.6) is 0 Å². The molecule has 1 aromatic heterocycles. The van der Waals surface area contributed by atoms with Crippen LogP contribution < -0.4 is 5.32 Å². The maximum atomic E-state index is 11.8. The van der Waals surface area contributed by atoms with Crippen molar-refractivity contribution in [3.63, 3.8) is 0 Å². The lowest BCUT2D eigenvalue weighted by Gasteiger charge is -2.26. The van der Waals surface area contributed by atoms with E-state index in [0.29, 0.717) is 11.3 Å².